The highest BCUT2D eigenvalue weighted by molar-refractivity contribution is 9.09. The predicted molar refractivity (Wildman–Crippen MR) is 55.8 cm³/mol. The molecule has 0 atom stereocenters. The Morgan fingerprint density at radius 2 is 2.20 bits per heavy atom. The van der Waals surface area contributed by atoms with Crippen LogP contribution in [-0.4, -0.2) is 16.0 Å². The summed E-state index contributed by atoms with van der Waals surface area (Å²) in [5.74, 6) is -1.51. The molecule has 0 aliphatic rings. The lowest BCUT2D eigenvalue weighted by Crippen LogP contribution is -2.05. The summed E-state index contributed by atoms with van der Waals surface area (Å²) in [7, 11) is 0. The quantitative estimate of drug-likeness (QED) is 0.367. The Bertz CT molecular complexity index is 408. The number of nitro benzene ring substituents is 1. The Labute approximate surface area is 93.4 Å². The number of ketones is 1. The van der Waals surface area contributed by atoms with Gasteiger partial charge < -0.3 is 0 Å². The van der Waals surface area contributed by atoms with Gasteiger partial charge in [-0.05, 0) is 6.07 Å². The second-order valence-electron chi connectivity index (χ2n) is 2.76. The molecule has 0 heterocycles. The average Bonchev–Trinajstić information content (AvgIpc) is 2.17. The normalized spacial score (nSPS) is 10.0. The van der Waals surface area contributed by atoms with E-state index in [4.69, 9.17) is 0 Å². The summed E-state index contributed by atoms with van der Waals surface area (Å²) >= 11 is 3.04. The molecule has 4 nitrogen and oxygen atoms in total. The third-order valence-corrected chi connectivity index (χ3v) is 2.19. The van der Waals surface area contributed by atoms with Gasteiger partial charge in [-0.15, -0.1) is 0 Å². The van der Waals surface area contributed by atoms with Crippen LogP contribution in [-0.2, 0) is 0 Å². The summed E-state index contributed by atoms with van der Waals surface area (Å²) < 4.78 is 13.4. The van der Waals surface area contributed by atoms with E-state index in [1.165, 1.54) is 12.1 Å². The van der Waals surface area contributed by atoms with Crippen LogP contribution < -0.4 is 0 Å². The third kappa shape index (κ3) is 2.59. The van der Waals surface area contributed by atoms with E-state index in [1.54, 1.807) is 0 Å². The molecule has 6 heteroatoms. The Morgan fingerprint density at radius 3 is 2.73 bits per heavy atom. The third-order valence-electron chi connectivity index (χ3n) is 1.80. The molecule has 0 saturated heterocycles. The number of carbonyl (C=O) groups excluding carboxylic acids is 1. The minimum atomic E-state index is -1.06. The van der Waals surface area contributed by atoms with Gasteiger partial charge in [-0.25, -0.2) is 0 Å². The number of nitro groups is 1. The van der Waals surface area contributed by atoms with E-state index >= 15 is 0 Å². The van der Waals surface area contributed by atoms with Crippen molar-refractivity contribution in [3.63, 3.8) is 0 Å². The van der Waals surface area contributed by atoms with E-state index < -0.39 is 22.2 Å². The van der Waals surface area contributed by atoms with Crippen molar-refractivity contribution < 1.29 is 14.1 Å². The van der Waals surface area contributed by atoms with Crippen LogP contribution in [0.15, 0.2) is 18.2 Å². The fourth-order valence-corrected chi connectivity index (χ4v) is 1.46. The summed E-state index contributed by atoms with van der Waals surface area (Å²) in [6.07, 6.45) is 0.109. The zero-order valence-electron chi connectivity index (χ0n) is 7.57. The van der Waals surface area contributed by atoms with E-state index in [9.17, 15) is 19.3 Å². The van der Waals surface area contributed by atoms with E-state index in [-0.39, 0.29) is 12.0 Å². The van der Waals surface area contributed by atoms with Crippen LogP contribution in [0, 0.1) is 15.9 Å². The van der Waals surface area contributed by atoms with Crippen molar-refractivity contribution in [3.8, 4) is 0 Å². The van der Waals surface area contributed by atoms with Crippen molar-refractivity contribution in [2.24, 2.45) is 0 Å². The predicted octanol–water partition coefficient (Wildman–Crippen LogP) is 2.70. The van der Waals surface area contributed by atoms with Gasteiger partial charge in [0.15, 0.2) is 5.78 Å². The van der Waals surface area contributed by atoms with Crippen LogP contribution in [0.25, 0.3) is 0 Å². The molecule has 0 radical (unpaired) electrons. The first-order chi connectivity index (χ1) is 7.07. The Balaban J connectivity index is 3.15. The molecule has 0 bridgehead atoms. The molecule has 0 aliphatic carbocycles. The highest BCUT2D eigenvalue weighted by Gasteiger charge is 2.20. The average molecular weight is 276 g/mol. The Hall–Kier alpha value is -1.30. The van der Waals surface area contributed by atoms with Gasteiger partial charge >= 0.3 is 5.69 Å². The summed E-state index contributed by atoms with van der Waals surface area (Å²) in [6, 6.07) is 3.57. The van der Waals surface area contributed by atoms with E-state index in [0.29, 0.717) is 5.33 Å². The highest BCUT2D eigenvalue weighted by atomic mass is 79.9. The number of hydrogen-bond acceptors (Lipinski definition) is 3. The van der Waals surface area contributed by atoms with Crippen LogP contribution in [0.5, 0.6) is 0 Å². The van der Waals surface area contributed by atoms with Crippen molar-refractivity contribution in [2.45, 2.75) is 6.42 Å². The van der Waals surface area contributed by atoms with Crippen LogP contribution in [0.2, 0.25) is 0 Å². The first-order valence-electron chi connectivity index (χ1n) is 4.10. The lowest BCUT2D eigenvalue weighted by atomic mass is 10.1. The molecule has 0 spiro atoms. The zero-order chi connectivity index (χ0) is 11.4. The molecule has 0 unspecified atom stereocenters. The van der Waals surface area contributed by atoms with Gasteiger partial charge in [0.05, 0.1) is 10.5 Å². The van der Waals surface area contributed by atoms with Gasteiger partial charge in [0, 0.05) is 17.8 Å². The molecule has 1 aromatic rings. The molecule has 0 saturated carbocycles. The van der Waals surface area contributed by atoms with Gasteiger partial charge in [-0.1, -0.05) is 22.0 Å². The molecular weight excluding hydrogens is 269 g/mol. The van der Waals surface area contributed by atoms with Gasteiger partial charge in [0.2, 0.25) is 5.82 Å². The number of alkyl halides is 1. The lowest BCUT2D eigenvalue weighted by molar-refractivity contribution is -0.387. The number of hydrogen-bond donors (Lipinski definition) is 0. The monoisotopic (exact) mass is 275 g/mol. The number of Topliss-reactive ketones (excluding diaryl/α,β-unsaturated/α-hetero) is 1. The van der Waals surface area contributed by atoms with Crippen molar-refractivity contribution >= 4 is 27.4 Å². The number of nitrogens with zero attached hydrogens (tertiary/aromatic N) is 1. The first kappa shape index (κ1) is 11.8. The summed E-state index contributed by atoms with van der Waals surface area (Å²) in [5, 5.41) is 10.8. The molecule has 1 aromatic carbocycles. The molecule has 0 aliphatic heterocycles. The van der Waals surface area contributed by atoms with E-state index in [0.717, 1.165) is 6.07 Å². The van der Waals surface area contributed by atoms with Gasteiger partial charge in [-0.2, -0.15) is 4.39 Å². The van der Waals surface area contributed by atoms with Gasteiger partial charge in [0.1, 0.15) is 0 Å². The van der Waals surface area contributed by atoms with Crippen LogP contribution >= 0.6 is 15.9 Å². The number of benzene rings is 1. The van der Waals surface area contributed by atoms with Crippen LogP contribution in [0.1, 0.15) is 16.8 Å². The Morgan fingerprint density at radius 1 is 1.53 bits per heavy atom. The fourth-order valence-electron chi connectivity index (χ4n) is 1.10. The number of carbonyl (C=O) groups is 1. The Kier molecular flexibility index (Phi) is 3.90. The maximum absolute atomic E-state index is 13.4. The van der Waals surface area contributed by atoms with Gasteiger partial charge in [0.25, 0.3) is 0 Å². The number of halogens is 2. The SMILES string of the molecule is O=C(CCBr)c1cccc([N+](=O)[O-])c1F. The smallest absolute Gasteiger partial charge is 0.294 e. The topological polar surface area (TPSA) is 60.2 Å². The summed E-state index contributed by atoms with van der Waals surface area (Å²) in [4.78, 5) is 20.9. The second-order valence-corrected chi connectivity index (χ2v) is 3.55. The molecule has 0 amide bonds. The second kappa shape index (κ2) is 4.97. The molecule has 0 fully saturated rings. The molecule has 15 heavy (non-hydrogen) atoms. The molecule has 80 valence electrons. The molecule has 1 rings (SSSR count). The first-order valence-corrected chi connectivity index (χ1v) is 5.22. The van der Waals surface area contributed by atoms with E-state index in [2.05, 4.69) is 15.9 Å². The number of rotatable bonds is 4. The maximum atomic E-state index is 13.4. The van der Waals surface area contributed by atoms with Crippen molar-refractivity contribution in [1.82, 2.24) is 0 Å². The van der Waals surface area contributed by atoms with Gasteiger partial charge in [-0.3, -0.25) is 14.9 Å². The van der Waals surface area contributed by atoms with Crippen molar-refractivity contribution in [3.05, 3.63) is 39.7 Å². The molecule has 0 aromatic heterocycles. The van der Waals surface area contributed by atoms with Crippen molar-refractivity contribution in [1.29, 1.82) is 0 Å². The van der Waals surface area contributed by atoms with Crippen LogP contribution in [0.4, 0.5) is 10.1 Å². The summed E-state index contributed by atoms with van der Waals surface area (Å²) in [5.41, 5.74) is -0.904. The fraction of sp³-hybridized carbons (Fsp3) is 0.222. The molecule has 0 N–H and O–H groups in total. The van der Waals surface area contributed by atoms with Crippen molar-refractivity contribution in [2.75, 3.05) is 5.33 Å². The maximum Gasteiger partial charge on any atom is 0.305 e. The highest BCUT2D eigenvalue weighted by Crippen LogP contribution is 2.21. The molecular formula is C9H7BrFNO3. The lowest BCUT2D eigenvalue weighted by Gasteiger charge is -2.00. The largest absolute Gasteiger partial charge is 0.305 e. The standard InChI is InChI=1S/C9H7BrFNO3/c10-5-4-8(13)6-2-1-3-7(9(6)11)12(14)15/h1-3H,4-5H2. The minimum Gasteiger partial charge on any atom is -0.294 e. The van der Waals surface area contributed by atoms with E-state index in [1.807, 2.05) is 0 Å². The minimum absolute atomic E-state index is 0.109. The summed E-state index contributed by atoms with van der Waals surface area (Å²) in [6.45, 7) is 0. The zero-order valence-corrected chi connectivity index (χ0v) is 9.16. The van der Waals surface area contributed by atoms with Crippen LogP contribution in [0.3, 0.4) is 0 Å².